The molecule has 173 valence electrons. The van der Waals surface area contributed by atoms with E-state index in [0.29, 0.717) is 11.4 Å². The van der Waals surface area contributed by atoms with Crippen molar-refractivity contribution >= 4 is 58.6 Å². The first-order valence-electron chi connectivity index (χ1n) is 11.7. The van der Waals surface area contributed by atoms with Crippen molar-refractivity contribution in [3.63, 3.8) is 0 Å². The Bertz CT molecular complexity index is 1440. The summed E-state index contributed by atoms with van der Waals surface area (Å²) < 4.78 is 13.5. The predicted octanol–water partition coefficient (Wildman–Crippen LogP) is 5.00. The first-order valence-corrected chi connectivity index (χ1v) is 15.6. The van der Waals surface area contributed by atoms with Gasteiger partial charge in [-0.3, -0.25) is 0 Å². The SMILES string of the molecule is [C-]#[N+]c1ccc([O][Ga][O][Si](c2ccccc2)(c2ccccc2)c2ccccc2)c2nc(C)cc(C)c12. The Morgan fingerprint density at radius 1 is 0.750 bits per heavy atom. The summed E-state index contributed by atoms with van der Waals surface area (Å²) in [5.74, 6) is 0.682. The van der Waals surface area contributed by atoms with Gasteiger partial charge in [0.15, 0.2) is 0 Å². The third-order valence-corrected chi connectivity index (χ3v) is 13.7. The third kappa shape index (κ3) is 4.50. The molecule has 0 bridgehead atoms. The van der Waals surface area contributed by atoms with Crippen LogP contribution in [0, 0.1) is 20.4 Å². The second-order valence-corrected chi connectivity index (χ2v) is 14.3. The molecule has 0 spiro atoms. The topological polar surface area (TPSA) is 35.7 Å². The number of aromatic nitrogens is 1. The molecule has 0 aliphatic rings. The standard InChI is InChI=1S/C18H15OSi.C12H10N2O.Ga/c19-20(16-10-4-1-5-11-16,17-12-6-2-7-13-17)18-14-8-3-9-15-18;1-7-6-8(2)14-12-10(15)5-4-9(13-3)11(7)12;/h1-15H;4-6,15H,1-2H3;/q-1;;+2/p-1. The zero-order valence-electron chi connectivity index (χ0n) is 20.2. The van der Waals surface area contributed by atoms with E-state index in [4.69, 9.17) is 18.3 Å². The molecule has 4 nitrogen and oxygen atoms in total. The number of fused-ring (bicyclic) bond motifs is 1. The fraction of sp³-hybridized carbons (Fsp3) is 0.0667. The van der Waals surface area contributed by atoms with Gasteiger partial charge in [-0.05, 0) is 0 Å². The summed E-state index contributed by atoms with van der Waals surface area (Å²) in [5, 5.41) is 4.39. The Morgan fingerprint density at radius 3 is 1.78 bits per heavy atom. The van der Waals surface area contributed by atoms with Gasteiger partial charge >= 0.3 is 222 Å². The Balaban J connectivity index is 1.59. The van der Waals surface area contributed by atoms with Crippen molar-refractivity contribution in [2.24, 2.45) is 0 Å². The molecule has 0 aliphatic heterocycles. The van der Waals surface area contributed by atoms with Gasteiger partial charge in [-0.15, -0.1) is 0 Å². The summed E-state index contributed by atoms with van der Waals surface area (Å²) in [5.41, 5.74) is 3.25. The molecule has 0 unspecified atom stereocenters. The Hall–Kier alpha value is -3.61. The van der Waals surface area contributed by atoms with Crippen LogP contribution in [0.4, 0.5) is 5.69 Å². The molecule has 0 atom stereocenters. The molecule has 6 heteroatoms. The van der Waals surface area contributed by atoms with Gasteiger partial charge in [-0.25, -0.2) is 0 Å². The van der Waals surface area contributed by atoms with E-state index < -0.39 is 26.5 Å². The number of benzene rings is 4. The van der Waals surface area contributed by atoms with Crippen LogP contribution >= 0.6 is 0 Å². The second kappa shape index (κ2) is 10.6. The summed E-state index contributed by atoms with van der Waals surface area (Å²) >= 11 is -1.70. The number of pyridine rings is 1. The average molecular weight is 542 g/mol. The van der Waals surface area contributed by atoms with Gasteiger partial charge in [0, 0.05) is 0 Å². The number of hydrogen-bond donors (Lipinski definition) is 0. The van der Waals surface area contributed by atoms with Crippen LogP contribution < -0.4 is 19.1 Å². The number of rotatable bonds is 7. The van der Waals surface area contributed by atoms with Gasteiger partial charge in [0.1, 0.15) is 0 Å². The van der Waals surface area contributed by atoms with Gasteiger partial charge < -0.3 is 0 Å². The molecule has 36 heavy (non-hydrogen) atoms. The fourth-order valence-electron chi connectivity index (χ4n) is 4.71. The van der Waals surface area contributed by atoms with E-state index >= 15 is 0 Å². The summed E-state index contributed by atoms with van der Waals surface area (Å²) in [7, 11) is -2.81. The van der Waals surface area contributed by atoms with Gasteiger partial charge in [-0.2, -0.15) is 0 Å². The van der Waals surface area contributed by atoms with Crippen LogP contribution in [0.25, 0.3) is 15.7 Å². The Morgan fingerprint density at radius 2 is 1.28 bits per heavy atom. The van der Waals surface area contributed by atoms with E-state index in [2.05, 4.69) is 77.6 Å². The molecule has 0 fully saturated rings. The van der Waals surface area contributed by atoms with E-state index in [9.17, 15) is 0 Å². The quantitative estimate of drug-likeness (QED) is 0.165. The van der Waals surface area contributed by atoms with E-state index in [1.165, 1.54) is 15.6 Å². The van der Waals surface area contributed by atoms with Gasteiger partial charge in [0.2, 0.25) is 0 Å². The van der Waals surface area contributed by atoms with Crippen LogP contribution in [-0.2, 0) is 3.22 Å². The van der Waals surface area contributed by atoms with Gasteiger partial charge in [-0.1, -0.05) is 0 Å². The molecule has 1 aromatic heterocycles. The van der Waals surface area contributed by atoms with E-state index in [1.54, 1.807) is 0 Å². The summed E-state index contributed by atoms with van der Waals surface area (Å²) in [4.78, 5) is 8.46. The monoisotopic (exact) mass is 541 g/mol. The molecule has 4 aromatic carbocycles. The zero-order chi connectivity index (χ0) is 25.0. The van der Waals surface area contributed by atoms with E-state index in [-0.39, 0.29) is 0 Å². The molecule has 1 radical (unpaired) electrons. The van der Waals surface area contributed by atoms with Crippen molar-refractivity contribution in [2.45, 2.75) is 13.8 Å². The van der Waals surface area contributed by atoms with Crippen molar-refractivity contribution in [2.75, 3.05) is 0 Å². The van der Waals surface area contributed by atoms with Crippen molar-refractivity contribution in [1.29, 1.82) is 0 Å². The Labute approximate surface area is 221 Å². The molecule has 0 aliphatic carbocycles. The normalized spacial score (nSPS) is 11.1. The van der Waals surface area contributed by atoms with E-state index in [0.717, 1.165) is 22.2 Å². The minimum absolute atomic E-state index is 0.591. The predicted molar refractivity (Wildman–Crippen MR) is 149 cm³/mol. The molecular weight excluding hydrogens is 518 g/mol. The van der Waals surface area contributed by atoms with Crippen LogP contribution in [0.15, 0.2) is 109 Å². The molecule has 0 N–H and O–H groups in total. The van der Waals surface area contributed by atoms with Crippen molar-refractivity contribution in [3.8, 4) is 5.75 Å². The molecule has 0 saturated carbocycles. The van der Waals surface area contributed by atoms with Gasteiger partial charge in [0.25, 0.3) is 0 Å². The molecule has 5 aromatic rings. The molecular formula is C30H24GaN2O2Si. The maximum absolute atomic E-state index is 7.60. The minimum atomic E-state index is -2.81. The number of hydrogen-bond acceptors (Lipinski definition) is 3. The third-order valence-electron chi connectivity index (χ3n) is 6.29. The van der Waals surface area contributed by atoms with E-state index in [1.807, 2.05) is 50.2 Å². The molecule has 1 heterocycles. The van der Waals surface area contributed by atoms with Crippen LogP contribution in [0.5, 0.6) is 5.75 Å². The van der Waals surface area contributed by atoms with Crippen molar-refractivity contribution in [1.82, 2.24) is 4.98 Å². The fourth-order valence-corrected chi connectivity index (χ4v) is 12.7. The molecule has 5 rings (SSSR count). The van der Waals surface area contributed by atoms with Crippen LogP contribution in [0.1, 0.15) is 11.3 Å². The maximum atomic E-state index is 7.60. The summed E-state index contributed by atoms with van der Waals surface area (Å²) in [6.07, 6.45) is 0. The van der Waals surface area contributed by atoms with Crippen molar-refractivity contribution < 1.29 is 6.75 Å². The van der Waals surface area contributed by atoms with Crippen molar-refractivity contribution in [3.05, 3.63) is 132 Å². The number of nitrogens with zero attached hydrogens (tertiary/aromatic N) is 2. The number of aryl methyl sites for hydroxylation is 2. The second-order valence-electron chi connectivity index (χ2n) is 8.61. The first kappa shape index (κ1) is 24.1. The molecule has 0 amide bonds. The van der Waals surface area contributed by atoms with Gasteiger partial charge in [0.05, 0.1) is 0 Å². The molecule has 0 saturated heterocycles. The summed E-state index contributed by atoms with van der Waals surface area (Å²) in [6, 6.07) is 37.2. The zero-order valence-corrected chi connectivity index (χ0v) is 23.6. The van der Waals surface area contributed by atoms with Crippen LogP contribution in [0.3, 0.4) is 0 Å². The Kier molecular flexibility index (Phi) is 7.07. The average Bonchev–Trinajstić information content (AvgIpc) is 2.92. The van der Waals surface area contributed by atoms with Crippen LogP contribution in [-0.4, -0.2) is 31.4 Å². The summed E-state index contributed by atoms with van der Waals surface area (Å²) in [6.45, 7) is 11.6. The van der Waals surface area contributed by atoms with Crippen LogP contribution in [0.2, 0.25) is 0 Å². The first-order chi connectivity index (χ1) is 17.6.